The SMILES string of the molecule is Cc1ccc(C(=O)N(C/C(N)=N/O)C2CCCC2)c(Br)c1. The lowest BCUT2D eigenvalue weighted by Gasteiger charge is -2.29. The number of carbonyl (C=O) groups excluding carboxylic acids is 1. The molecule has 1 aliphatic carbocycles. The first kappa shape index (κ1) is 15.8. The number of rotatable bonds is 4. The monoisotopic (exact) mass is 353 g/mol. The van der Waals surface area contributed by atoms with E-state index < -0.39 is 0 Å². The summed E-state index contributed by atoms with van der Waals surface area (Å²) in [4.78, 5) is 14.5. The molecule has 0 atom stereocenters. The highest BCUT2D eigenvalue weighted by Gasteiger charge is 2.29. The van der Waals surface area contributed by atoms with Gasteiger partial charge in [0.05, 0.1) is 12.1 Å². The minimum Gasteiger partial charge on any atom is -0.409 e. The second-order valence-electron chi connectivity index (χ2n) is 5.45. The maximum absolute atomic E-state index is 12.8. The fourth-order valence-corrected chi connectivity index (χ4v) is 3.40. The van der Waals surface area contributed by atoms with Crippen molar-refractivity contribution in [2.75, 3.05) is 6.54 Å². The van der Waals surface area contributed by atoms with E-state index in [1.165, 1.54) is 0 Å². The van der Waals surface area contributed by atoms with Crippen molar-refractivity contribution >= 4 is 27.7 Å². The van der Waals surface area contributed by atoms with E-state index in [-0.39, 0.29) is 24.3 Å². The molecule has 1 amide bonds. The van der Waals surface area contributed by atoms with Crippen LogP contribution in [0.25, 0.3) is 0 Å². The molecule has 5 nitrogen and oxygen atoms in total. The van der Waals surface area contributed by atoms with Gasteiger partial charge in [-0.1, -0.05) is 24.1 Å². The third kappa shape index (κ3) is 3.75. The number of benzene rings is 1. The second-order valence-corrected chi connectivity index (χ2v) is 6.30. The summed E-state index contributed by atoms with van der Waals surface area (Å²) < 4.78 is 0.773. The van der Waals surface area contributed by atoms with Gasteiger partial charge in [-0.3, -0.25) is 4.79 Å². The van der Waals surface area contributed by atoms with Gasteiger partial charge in [0.25, 0.3) is 5.91 Å². The van der Waals surface area contributed by atoms with E-state index >= 15 is 0 Å². The Labute approximate surface area is 132 Å². The lowest BCUT2D eigenvalue weighted by atomic mass is 10.1. The first-order chi connectivity index (χ1) is 10.0. The Hall–Kier alpha value is -1.56. The largest absolute Gasteiger partial charge is 0.409 e. The first-order valence-electron chi connectivity index (χ1n) is 7.06. The molecule has 0 radical (unpaired) electrons. The first-order valence-corrected chi connectivity index (χ1v) is 7.85. The molecule has 1 aromatic carbocycles. The molecule has 0 bridgehead atoms. The Morgan fingerprint density at radius 2 is 2.14 bits per heavy atom. The molecule has 1 aromatic rings. The molecule has 1 saturated carbocycles. The molecule has 0 saturated heterocycles. The van der Waals surface area contributed by atoms with E-state index in [0.29, 0.717) is 5.56 Å². The van der Waals surface area contributed by atoms with Crippen molar-refractivity contribution in [2.24, 2.45) is 10.9 Å². The van der Waals surface area contributed by atoms with Gasteiger partial charge in [0.2, 0.25) is 0 Å². The summed E-state index contributed by atoms with van der Waals surface area (Å²) in [5.74, 6) is -0.0288. The summed E-state index contributed by atoms with van der Waals surface area (Å²) in [6.07, 6.45) is 4.15. The predicted octanol–water partition coefficient (Wildman–Crippen LogP) is 2.89. The number of oxime groups is 1. The van der Waals surface area contributed by atoms with Crippen LogP contribution in [0.5, 0.6) is 0 Å². The topological polar surface area (TPSA) is 78.9 Å². The van der Waals surface area contributed by atoms with Crippen molar-refractivity contribution in [1.29, 1.82) is 0 Å². The number of aryl methyl sites for hydroxylation is 1. The Bertz CT molecular complexity index is 554. The zero-order valence-electron chi connectivity index (χ0n) is 12.1. The summed E-state index contributed by atoms with van der Waals surface area (Å²) >= 11 is 3.45. The molecular weight excluding hydrogens is 334 g/mol. The molecule has 1 fully saturated rings. The minimum atomic E-state index is -0.0830. The van der Waals surface area contributed by atoms with Crippen molar-refractivity contribution in [3.05, 3.63) is 33.8 Å². The fourth-order valence-electron chi connectivity index (χ4n) is 2.74. The van der Waals surface area contributed by atoms with Crippen LogP contribution in [0.3, 0.4) is 0 Å². The van der Waals surface area contributed by atoms with E-state index in [9.17, 15) is 4.79 Å². The maximum Gasteiger partial charge on any atom is 0.255 e. The zero-order valence-corrected chi connectivity index (χ0v) is 13.6. The van der Waals surface area contributed by atoms with Crippen LogP contribution in [-0.4, -0.2) is 34.4 Å². The number of amides is 1. The lowest BCUT2D eigenvalue weighted by Crippen LogP contribution is -2.44. The maximum atomic E-state index is 12.8. The number of hydrogen-bond donors (Lipinski definition) is 2. The molecule has 0 heterocycles. The van der Waals surface area contributed by atoms with E-state index in [1.807, 2.05) is 25.1 Å². The normalized spacial score (nSPS) is 16.2. The molecule has 0 unspecified atom stereocenters. The standard InChI is InChI=1S/C15H20BrN3O2/c1-10-6-7-12(13(16)8-10)15(20)19(9-14(17)18-21)11-4-2-3-5-11/h6-8,11,21H,2-5,9H2,1H3,(H2,17,18). The van der Waals surface area contributed by atoms with Crippen LogP contribution in [0, 0.1) is 6.92 Å². The molecule has 0 spiro atoms. The van der Waals surface area contributed by atoms with Crippen LogP contribution in [-0.2, 0) is 0 Å². The van der Waals surface area contributed by atoms with E-state index in [2.05, 4.69) is 21.1 Å². The summed E-state index contributed by atoms with van der Waals surface area (Å²) in [5.41, 5.74) is 7.31. The van der Waals surface area contributed by atoms with Gasteiger partial charge in [-0.15, -0.1) is 0 Å². The third-order valence-corrected chi connectivity index (χ3v) is 4.50. The third-order valence-electron chi connectivity index (χ3n) is 3.84. The van der Waals surface area contributed by atoms with Crippen LogP contribution >= 0.6 is 15.9 Å². The highest BCUT2D eigenvalue weighted by Crippen LogP contribution is 2.27. The van der Waals surface area contributed by atoms with Gasteiger partial charge >= 0.3 is 0 Å². The van der Waals surface area contributed by atoms with Crippen molar-refractivity contribution in [1.82, 2.24) is 4.90 Å². The van der Waals surface area contributed by atoms with E-state index in [0.717, 1.165) is 35.7 Å². The smallest absolute Gasteiger partial charge is 0.255 e. The lowest BCUT2D eigenvalue weighted by molar-refractivity contribution is 0.0711. The summed E-state index contributed by atoms with van der Waals surface area (Å²) in [7, 11) is 0. The van der Waals surface area contributed by atoms with Gasteiger partial charge in [0, 0.05) is 10.5 Å². The van der Waals surface area contributed by atoms with E-state index in [4.69, 9.17) is 10.9 Å². The second kappa shape index (κ2) is 6.93. The van der Waals surface area contributed by atoms with Gasteiger partial charge in [0.15, 0.2) is 5.84 Å². The molecule has 0 aliphatic heterocycles. The predicted molar refractivity (Wildman–Crippen MR) is 85.6 cm³/mol. The molecule has 0 aromatic heterocycles. The molecule has 1 aliphatic rings. The Morgan fingerprint density at radius 3 is 2.71 bits per heavy atom. The van der Waals surface area contributed by atoms with Gasteiger partial charge in [-0.2, -0.15) is 0 Å². The molecule has 21 heavy (non-hydrogen) atoms. The molecule has 114 valence electrons. The van der Waals surface area contributed by atoms with Crippen molar-refractivity contribution in [3.63, 3.8) is 0 Å². The number of carbonyl (C=O) groups is 1. The number of nitrogens with two attached hydrogens (primary N) is 1. The summed E-state index contributed by atoms with van der Waals surface area (Å²) in [6.45, 7) is 2.13. The average Bonchev–Trinajstić information content (AvgIpc) is 2.97. The Balaban J connectivity index is 2.28. The van der Waals surface area contributed by atoms with Gasteiger partial charge < -0.3 is 15.8 Å². The molecule has 3 N–H and O–H groups in total. The quantitative estimate of drug-likeness (QED) is 0.378. The van der Waals surface area contributed by atoms with Crippen molar-refractivity contribution in [3.8, 4) is 0 Å². The number of nitrogens with zero attached hydrogens (tertiary/aromatic N) is 2. The van der Waals surface area contributed by atoms with E-state index in [1.54, 1.807) is 4.90 Å². The van der Waals surface area contributed by atoms with Gasteiger partial charge in [-0.25, -0.2) is 0 Å². The Kier molecular flexibility index (Phi) is 5.22. The number of halogens is 1. The van der Waals surface area contributed by atoms with Crippen LogP contribution in [0.15, 0.2) is 27.8 Å². The zero-order chi connectivity index (χ0) is 15.4. The number of amidine groups is 1. The summed E-state index contributed by atoms with van der Waals surface area (Å²) in [6, 6.07) is 5.81. The molecular formula is C15H20BrN3O2. The van der Waals surface area contributed by atoms with Crippen LogP contribution in [0.2, 0.25) is 0 Å². The molecule has 2 rings (SSSR count). The van der Waals surface area contributed by atoms with Crippen LogP contribution in [0.1, 0.15) is 41.6 Å². The molecule has 6 heteroatoms. The van der Waals surface area contributed by atoms with Crippen LogP contribution < -0.4 is 5.73 Å². The number of hydrogen-bond acceptors (Lipinski definition) is 3. The highest BCUT2D eigenvalue weighted by molar-refractivity contribution is 9.10. The van der Waals surface area contributed by atoms with Crippen molar-refractivity contribution < 1.29 is 10.0 Å². The summed E-state index contributed by atoms with van der Waals surface area (Å²) in [5, 5.41) is 11.8. The average molecular weight is 354 g/mol. The highest BCUT2D eigenvalue weighted by atomic mass is 79.9. The Morgan fingerprint density at radius 1 is 1.48 bits per heavy atom. The minimum absolute atomic E-state index is 0.0542. The van der Waals surface area contributed by atoms with Crippen LogP contribution in [0.4, 0.5) is 0 Å². The van der Waals surface area contributed by atoms with Gasteiger partial charge in [-0.05, 0) is 53.4 Å². The fraction of sp³-hybridized carbons (Fsp3) is 0.467. The van der Waals surface area contributed by atoms with Gasteiger partial charge in [0.1, 0.15) is 0 Å². The van der Waals surface area contributed by atoms with Crippen molar-refractivity contribution in [2.45, 2.75) is 38.6 Å².